The Kier molecular flexibility index (Phi) is 4.54. The van der Waals surface area contributed by atoms with Crippen molar-refractivity contribution in [3.8, 4) is 0 Å². The van der Waals surface area contributed by atoms with Gasteiger partial charge in [-0.2, -0.15) is 0 Å². The van der Waals surface area contributed by atoms with Gasteiger partial charge in [-0.1, -0.05) is 0 Å². The fourth-order valence-corrected chi connectivity index (χ4v) is 2.12. The second kappa shape index (κ2) is 5.47. The van der Waals surface area contributed by atoms with Crippen molar-refractivity contribution in [3.05, 3.63) is 0 Å². The summed E-state index contributed by atoms with van der Waals surface area (Å²) in [6.07, 6.45) is 2.07. The molecule has 88 valence electrons. The molecule has 1 aliphatic heterocycles. The number of nitrogens with zero attached hydrogens (tertiary/aromatic N) is 1. The highest BCUT2D eigenvalue weighted by atomic mass is 16.3. The molecule has 1 amide bonds. The van der Waals surface area contributed by atoms with E-state index < -0.39 is 0 Å². The number of rotatable bonds is 4. The topological polar surface area (TPSA) is 52.6 Å². The van der Waals surface area contributed by atoms with Gasteiger partial charge in [-0.25, -0.2) is 0 Å². The van der Waals surface area contributed by atoms with Gasteiger partial charge in [0.05, 0.1) is 12.6 Å². The molecule has 1 rings (SSSR count). The van der Waals surface area contributed by atoms with Crippen LogP contribution >= 0.6 is 0 Å². The molecule has 0 aliphatic carbocycles. The van der Waals surface area contributed by atoms with Crippen LogP contribution in [0.1, 0.15) is 33.6 Å². The second-order valence-corrected chi connectivity index (χ2v) is 4.56. The molecule has 2 atom stereocenters. The molecular weight excluding hydrogens is 192 g/mol. The van der Waals surface area contributed by atoms with Gasteiger partial charge in [0.15, 0.2) is 0 Å². The minimum absolute atomic E-state index is 0.0605. The average Bonchev–Trinajstić information content (AvgIpc) is 2.62. The molecule has 2 N–H and O–H groups in total. The van der Waals surface area contributed by atoms with Gasteiger partial charge < -0.3 is 10.4 Å². The highest BCUT2D eigenvalue weighted by Crippen LogP contribution is 2.19. The van der Waals surface area contributed by atoms with E-state index in [0.717, 1.165) is 19.4 Å². The van der Waals surface area contributed by atoms with E-state index in [1.165, 1.54) is 0 Å². The molecule has 0 radical (unpaired) electrons. The summed E-state index contributed by atoms with van der Waals surface area (Å²) in [5.74, 6) is 0.0605. The fraction of sp³-hybridized carbons (Fsp3) is 0.909. The number of hydrogen-bond acceptors (Lipinski definition) is 3. The number of amides is 1. The number of hydrogen-bond donors (Lipinski definition) is 2. The van der Waals surface area contributed by atoms with E-state index in [1.807, 2.05) is 20.8 Å². The number of aliphatic hydroxyl groups is 1. The second-order valence-electron chi connectivity index (χ2n) is 4.56. The van der Waals surface area contributed by atoms with Crippen molar-refractivity contribution in [1.29, 1.82) is 0 Å². The smallest absolute Gasteiger partial charge is 0.237 e. The summed E-state index contributed by atoms with van der Waals surface area (Å²) in [4.78, 5) is 13.9. The Morgan fingerprint density at radius 3 is 2.73 bits per heavy atom. The summed E-state index contributed by atoms with van der Waals surface area (Å²) in [7, 11) is 0. The lowest BCUT2D eigenvalue weighted by Gasteiger charge is -2.29. The zero-order chi connectivity index (χ0) is 11.4. The van der Waals surface area contributed by atoms with Crippen LogP contribution in [-0.4, -0.2) is 47.2 Å². The van der Waals surface area contributed by atoms with Gasteiger partial charge >= 0.3 is 0 Å². The lowest BCUT2D eigenvalue weighted by atomic mass is 10.2. The van der Waals surface area contributed by atoms with Crippen molar-refractivity contribution in [1.82, 2.24) is 10.2 Å². The zero-order valence-electron chi connectivity index (χ0n) is 9.86. The van der Waals surface area contributed by atoms with Crippen LogP contribution in [0.15, 0.2) is 0 Å². The molecule has 0 aromatic heterocycles. The van der Waals surface area contributed by atoms with E-state index in [-0.39, 0.29) is 30.6 Å². The van der Waals surface area contributed by atoms with Crippen molar-refractivity contribution in [2.75, 3.05) is 13.2 Å². The van der Waals surface area contributed by atoms with Gasteiger partial charge in [0, 0.05) is 12.1 Å². The summed E-state index contributed by atoms with van der Waals surface area (Å²) in [5, 5.41) is 12.1. The Labute approximate surface area is 91.6 Å². The molecule has 1 heterocycles. The van der Waals surface area contributed by atoms with Crippen LogP contribution in [0.25, 0.3) is 0 Å². The summed E-state index contributed by atoms with van der Waals surface area (Å²) in [6, 6.07) is 0.208. The quantitative estimate of drug-likeness (QED) is 0.710. The van der Waals surface area contributed by atoms with Gasteiger partial charge in [-0.15, -0.1) is 0 Å². The summed E-state index contributed by atoms with van der Waals surface area (Å²) < 4.78 is 0. The normalized spacial score (nSPS) is 24.5. The van der Waals surface area contributed by atoms with Crippen LogP contribution in [-0.2, 0) is 4.79 Å². The first-order valence-corrected chi connectivity index (χ1v) is 5.73. The van der Waals surface area contributed by atoms with Crippen LogP contribution < -0.4 is 5.32 Å². The maximum absolute atomic E-state index is 11.8. The molecular formula is C11H22N2O2. The van der Waals surface area contributed by atoms with Crippen LogP contribution in [0.5, 0.6) is 0 Å². The zero-order valence-corrected chi connectivity index (χ0v) is 9.86. The van der Waals surface area contributed by atoms with Gasteiger partial charge in [-0.05, 0) is 40.2 Å². The van der Waals surface area contributed by atoms with Crippen molar-refractivity contribution < 1.29 is 9.90 Å². The van der Waals surface area contributed by atoms with Gasteiger partial charge in [0.2, 0.25) is 5.91 Å². The summed E-state index contributed by atoms with van der Waals surface area (Å²) in [6.45, 7) is 6.89. The Morgan fingerprint density at radius 1 is 1.53 bits per heavy atom. The molecule has 15 heavy (non-hydrogen) atoms. The number of carbonyl (C=O) groups is 1. The first-order valence-electron chi connectivity index (χ1n) is 5.73. The SMILES string of the molecule is CC(C)NC(=O)C(C)N1CCC[C@H]1CO. The molecule has 0 aromatic carbocycles. The first kappa shape index (κ1) is 12.5. The summed E-state index contributed by atoms with van der Waals surface area (Å²) in [5.41, 5.74) is 0. The highest BCUT2D eigenvalue weighted by Gasteiger charge is 2.31. The molecule has 1 saturated heterocycles. The monoisotopic (exact) mass is 214 g/mol. The van der Waals surface area contributed by atoms with E-state index in [9.17, 15) is 9.90 Å². The third-order valence-corrected chi connectivity index (χ3v) is 2.94. The summed E-state index contributed by atoms with van der Waals surface area (Å²) >= 11 is 0. The lowest BCUT2D eigenvalue weighted by molar-refractivity contribution is -0.126. The molecule has 0 spiro atoms. The van der Waals surface area contributed by atoms with Crippen molar-refractivity contribution >= 4 is 5.91 Å². The fourth-order valence-electron chi connectivity index (χ4n) is 2.12. The molecule has 1 aliphatic rings. The molecule has 4 heteroatoms. The molecule has 1 unspecified atom stereocenters. The van der Waals surface area contributed by atoms with Crippen LogP contribution in [0.4, 0.5) is 0 Å². The third-order valence-electron chi connectivity index (χ3n) is 2.94. The van der Waals surface area contributed by atoms with E-state index in [0.29, 0.717) is 0 Å². The standard InChI is InChI=1S/C11H22N2O2/c1-8(2)12-11(15)9(3)13-6-4-5-10(13)7-14/h8-10,14H,4-7H2,1-3H3,(H,12,15)/t9?,10-/m0/s1. The average molecular weight is 214 g/mol. The molecule has 0 saturated carbocycles. The van der Waals surface area contributed by atoms with Crippen LogP contribution in [0.2, 0.25) is 0 Å². The van der Waals surface area contributed by atoms with Crippen molar-refractivity contribution in [2.24, 2.45) is 0 Å². The number of likely N-dealkylation sites (tertiary alicyclic amines) is 1. The lowest BCUT2D eigenvalue weighted by Crippen LogP contribution is -2.49. The van der Waals surface area contributed by atoms with Crippen molar-refractivity contribution in [3.63, 3.8) is 0 Å². The number of carbonyl (C=O) groups excluding carboxylic acids is 1. The maximum Gasteiger partial charge on any atom is 0.237 e. The molecule has 4 nitrogen and oxygen atoms in total. The van der Waals surface area contributed by atoms with Crippen LogP contribution in [0, 0.1) is 0 Å². The van der Waals surface area contributed by atoms with Gasteiger partial charge in [0.1, 0.15) is 0 Å². The van der Waals surface area contributed by atoms with E-state index in [2.05, 4.69) is 10.2 Å². The Morgan fingerprint density at radius 2 is 2.20 bits per heavy atom. The highest BCUT2D eigenvalue weighted by molar-refractivity contribution is 5.81. The Balaban J connectivity index is 2.51. The maximum atomic E-state index is 11.8. The first-order chi connectivity index (χ1) is 7.06. The molecule has 1 fully saturated rings. The van der Waals surface area contributed by atoms with Gasteiger partial charge in [0.25, 0.3) is 0 Å². The Hall–Kier alpha value is -0.610. The number of nitrogens with one attached hydrogen (secondary N) is 1. The largest absolute Gasteiger partial charge is 0.395 e. The third kappa shape index (κ3) is 3.18. The minimum Gasteiger partial charge on any atom is -0.395 e. The van der Waals surface area contributed by atoms with Crippen LogP contribution in [0.3, 0.4) is 0 Å². The van der Waals surface area contributed by atoms with E-state index in [1.54, 1.807) is 0 Å². The van der Waals surface area contributed by atoms with E-state index >= 15 is 0 Å². The predicted octanol–water partition coefficient (Wildman–Crippen LogP) is 0.356. The van der Waals surface area contributed by atoms with E-state index in [4.69, 9.17) is 0 Å². The predicted molar refractivity (Wildman–Crippen MR) is 59.6 cm³/mol. The molecule has 0 aromatic rings. The molecule has 0 bridgehead atoms. The number of aliphatic hydroxyl groups excluding tert-OH is 1. The Bertz CT molecular complexity index is 219. The minimum atomic E-state index is -0.132. The van der Waals surface area contributed by atoms with Gasteiger partial charge in [-0.3, -0.25) is 9.69 Å². The van der Waals surface area contributed by atoms with Crippen molar-refractivity contribution in [2.45, 2.75) is 51.7 Å².